The minimum atomic E-state index is 0.303. The summed E-state index contributed by atoms with van der Waals surface area (Å²) in [5.74, 6) is 3.00. The first-order valence-corrected chi connectivity index (χ1v) is 9.08. The smallest absolute Gasteiger partial charge is 0.0434 e. The maximum atomic E-state index is 9.33. The van der Waals surface area contributed by atoms with Crippen molar-refractivity contribution in [1.82, 2.24) is 5.32 Å². The minimum absolute atomic E-state index is 0.303. The molecule has 0 bridgehead atoms. The molecule has 126 valence electrons. The van der Waals surface area contributed by atoms with Gasteiger partial charge in [-0.2, -0.15) is 0 Å². The molecule has 0 spiro atoms. The van der Waals surface area contributed by atoms with E-state index in [2.05, 4.69) is 46.9 Å². The number of hydrogen-bond acceptors (Lipinski definition) is 2. The Bertz CT molecular complexity index is 284. The molecule has 0 saturated carbocycles. The number of rotatable bonds is 2. The van der Waals surface area contributed by atoms with Crippen LogP contribution in [0.15, 0.2) is 0 Å². The van der Waals surface area contributed by atoms with Crippen molar-refractivity contribution in [3.63, 3.8) is 0 Å². The second-order valence-electron chi connectivity index (χ2n) is 8.81. The summed E-state index contributed by atoms with van der Waals surface area (Å²) in [4.78, 5) is 0. The second kappa shape index (κ2) is 8.53. The number of nitrogens with one attached hydrogen (secondary N) is 1. The third kappa shape index (κ3) is 6.69. The van der Waals surface area contributed by atoms with E-state index in [-0.39, 0.29) is 0 Å². The van der Waals surface area contributed by atoms with Crippen LogP contribution in [0.4, 0.5) is 0 Å². The molecule has 2 nitrogen and oxygen atoms in total. The molecule has 1 heterocycles. The van der Waals surface area contributed by atoms with Crippen molar-refractivity contribution in [2.24, 2.45) is 29.1 Å². The molecule has 0 radical (unpaired) electrons. The van der Waals surface area contributed by atoms with E-state index in [9.17, 15) is 5.11 Å². The average molecular weight is 298 g/mol. The number of aliphatic hydroxyl groups excluding tert-OH is 1. The van der Waals surface area contributed by atoms with E-state index in [4.69, 9.17) is 0 Å². The summed E-state index contributed by atoms with van der Waals surface area (Å²) in [5.41, 5.74) is 0.303. The number of aliphatic hydroxyl groups is 1. The van der Waals surface area contributed by atoms with E-state index < -0.39 is 0 Å². The third-order valence-electron chi connectivity index (χ3n) is 5.67. The summed E-state index contributed by atoms with van der Waals surface area (Å²) in [6.07, 6.45) is 6.16. The molecule has 1 saturated heterocycles. The van der Waals surface area contributed by atoms with Gasteiger partial charge < -0.3 is 10.4 Å². The van der Waals surface area contributed by atoms with Gasteiger partial charge in [0.15, 0.2) is 0 Å². The Morgan fingerprint density at radius 2 is 1.67 bits per heavy atom. The normalized spacial score (nSPS) is 37.0. The Kier molecular flexibility index (Phi) is 7.70. The van der Waals surface area contributed by atoms with E-state index in [1.807, 2.05) is 0 Å². The molecule has 0 aromatic rings. The van der Waals surface area contributed by atoms with Crippen LogP contribution >= 0.6 is 0 Å². The predicted octanol–water partition coefficient (Wildman–Crippen LogP) is 4.47. The van der Waals surface area contributed by atoms with Crippen LogP contribution < -0.4 is 5.32 Å². The SMILES string of the molecule is CC1CC(C(C)(C)C)NCC(CCO)C[C@H](C)CC[C@@H]1C. The van der Waals surface area contributed by atoms with E-state index >= 15 is 0 Å². The van der Waals surface area contributed by atoms with Crippen molar-refractivity contribution in [1.29, 1.82) is 0 Å². The van der Waals surface area contributed by atoms with Crippen LogP contribution in [0.1, 0.15) is 73.6 Å². The van der Waals surface area contributed by atoms with Crippen molar-refractivity contribution in [3.8, 4) is 0 Å². The predicted molar refractivity (Wildman–Crippen MR) is 92.4 cm³/mol. The summed E-state index contributed by atoms with van der Waals surface area (Å²) in [6.45, 7) is 15.7. The van der Waals surface area contributed by atoms with E-state index in [1.54, 1.807) is 0 Å². The Hall–Kier alpha value is -0.0800. The lowest BCUT2D eigenvalue weighted by molar-refractivity contribution is 0.190. The molecule has 21 heavy (non-hydrogen) atoms. The lowest BCUT2D eigenvalue weighted by Gasteiger charge is -2.36. The average Bonchev–Trinajstić information content (AvgIpc) is 2.40. The molecule has 1 rings (SSSR count). The lowest BCUT2D eigenvalue weighted by Crippen LogP contribution is -2.44. The Morgan fingerprint density at radius 1 is 1.00 bits per heavy atom. The highest BCUT2D eigenvalue weighted by Crippen LogP contribution is 2.32. The molecule has 1 aliphatic rings. The zero-order chi connectivity index (χ0) is 16.0. The summed E-state index contributed by atoms with van der Waals surface area (Å²) in [5, 5.41) is 13.2. The van der Waals surface area contributed by atoms with E-state index in [0.29, 0.717) is 24.0 Å². The van der Waals surface area contributed by atoms with Gasteiger partial charge in [-0.15, -0.1) is 0 Å². The molecule has 0 aromatic heterocycles. The number of hydrogen-bond donors (Lipinski definition) is 2. The summed E-state index contributed by atoms with van der Waals surface area (Å²) in [6, 6.07) is 0.574. The first kappa shape index (κ1) is 19.0. The zero-order valence-electron chi connectivity index (χ0n) is 15.3. The molecule has 0 amide bonds. The molecule has 2 N–H and O–H groups in total. The summed E-state index contributed by atoms with van der Waals surface area (Å²) >= 11 is 0. The van der Waals surface area contributed by atoms with Crippen LogP contribution in [0.25, 0.3) is 0 Å². The highest BCUT2D eigenvalue weighted by atomic mass is 16.3. The van der Waals surface area contributed by atoms with Crippen molar-refractivity contribution >= 4 is 0 Å². The highest BCUT2D eigenvalue weighted by Gasteiger charge is 2.29. The third-order valence-corrected chi connectivity index (χ3v) is 5.67. The molecule has 3 unspecified atom stereocenters. The van der Waals surface area contributed by atoms with Gasteiger partial charge in [-0.3, -0.25) is 0 Å². The highest BCUT2D eigenvalue weighted by molar-refractivity contribution is 4.85. The van der Waals surface area contributed by atoms with Crippen molar-refractivity contribution in [3.05, 3.63) is 0 Å². The van der Waals surface area contributed by atoms with Gasteiger partial charge in [0.2, 0.25) is 0 Å². The van der Waals surface area contributed by atoms with E-state index in [0.717, 1.165) is 30.7 Å². The van der Waals surface area contributed by atoms with Crippen molar-refractivity contribution in [2.45, 2.75) is 79.7 Å². The van der Waals surface area contributed by atoms with Crippen LogP contribution in [0.3, 0.4) is 0 Å². The van der Waals surface area contributed by atoms with Crippen LogP contribution in [0, 0.1) is 29.1 Å². The lowest BCUT2D eigenvalue weighted by atomic mass is 9.77. The van der Waals surface area contributed by atoms with Gasteiger partial charge in [-0.1, -0.05) is 54.4 Å². The fourth-order valence-corrected chi connectivity index (χ4v) is 3.66. The van der Waals surface area contributed by atoms with Crippen LogP contribution in [-0.4, -0.2) is 24.3 Å². The first-order chi connectivity index (χ1) is 9.74. The van der Waals surface area contributed by atoms with Gasteiger partial charge in [0.05, 0.1) is 0 Å². The first-order valence-electron chi connectivity index (χ1n) is 9.08. The van der Waals surface area contributed by atoms with Gasteiger partial charge >= 0.3 is 0 Å². The second-order valence-corrected chi connectivity index (χ2v) is 8.81. The van der Waals surface area contributed by atoms with Crippen molar-refractivity contribution in [2.75, 3.05) is 13.2 Å². The molecular weight excluding hydrogens is 258 g/mol. The Balaban J connectivity index is 2.80. The molecule has 2 heteroatoms. The van der Waals surface area contributed by atoms with Gasteiger partial charge in [0, 0.05) is 12.6 Å². The van der Waals surface area contributed by atoms with Crippen molar-refractivity contribution < 1.29 is 5.11 Å². The van der Waals surface area contributed by atoms with Gasteiger partial charge in [0.25, 0.3) is 0 Å². The summed E-state index contributed by atoms with van der Waals surface area (Å²) < 4.78 is 0. The Morgan fingerprint density at radius 3 is 2.24 bits per heavy atom. The van der Waals surface area contributed by atoms with Gasteiger partial charge in [0.1, 0.15) is 0 Å². The van der Waals surface area contributed by atoms with Gasteiger partial charge in [-0.25, -0.2) is 0 Å². The topological polar surface area (TPSA) is 32.3 Å². The fraction of sp³-hybridized carbons (Fsp3) is 1.00. The molecular formula is C19H39NO. The monoisotopic (exact) mass is 297 g/mol. The largest absolute Gasteiger partial charge is 0.396 e. The molecule has 5 atom stereocenters. The van der Waals surface area contributed by atoms with E-state index in [1.165, 1.54) is 25.7 Å². The fourth-order valence-electron chi connectivity index (χ4n) is 3.66. The molecule has 0 aliphatic carbocycles. The minimum Gasteiger partial charge on any atom is -0.396 e. The van der Waals surface area contributed by atoms with Crippen LogP contribution in [0.2, 0.25) is 0 Å². The standard InChI is InChI=1S/C19H39NO/c1-14-7-8-15(2)16(3)12-18(19(4,5)6)20-13-17(11-14)9-10-21/h14-18,20-21H,7-13H2,1-6H3/t14-,15+,16?,17?,18?/m1/s1. The zero-order valence-corrected chi connectivity index (χ0v) is 15.3. The summed E-state index contributed by atoms with van der Waals surface area (Å²) in [7, 11) is 0. The molecule has 1 aliphatic heterocycles. The van der Waals surface area contributed by atoms with Gasteiger partial charge in [-0.05, 0) is 54.9 Å². The molecule has 1 fully saturated rings. The maximum Gasteiger partial charge on any atom is 0.0434 e. The van der Waals surface area contributed by atoms with Crippen LogP contribution in [-0.2, 0) is 0 Å². The Labute approximate surface area is 133 Å². The molecule has 0 aromatic carbocycles. The quantitative estimate of drug-likeness (QED) is 0.788. The van der Waals surface area contributed by atoms with Crippen LogP contribution in [0.5, 0.6) is 0 Å². The maximum absolute atomic E-state index is 9.33.